The lowest BCUT2D eigenvalue weighted by Gasteiger charge is -2.25. The highest BCUT2D eigenvalue weighted by molar-refractivity contribution is 7.88. The zero-order valence-corrected chi connectivity index (χ0v) is 10.9. The molecule has 94 valence electrons. The summed E-state index contributed by atoms with van der Waals surface area (Å²) in [5, 5.41) is 0. The highest BCUT2D eigenvalue weighted by Gasteiger charge is 2.27. The van der Waals surface area contributed by atoms with Gasteiger partial charge in [0.25, 0.3) is 0 Å². The molecule has 0 fully saturated rings. The van der Waals surface area contributed by atoms with Gasteiger partial charge in [-0.2, -0.15) is 4.31 Å². The molecule has 1 aromatic rings. The van der Waals surface area contributed by atoms with E-state index in [4.69, 9.17) is 4.74 Å². The normalized spacial score (nSPS) is 20.5. The second-order valence-corrected chi connectivity index (χ2v) is 6.37. The summed E-state index contributed by atoms with van der Waals surface area (Å²) in [7, 11) is -1.56. The van der Waals surface area contributed by atoms with Gasteiger partial charge in [0.15, 0.2) is 0 Å². The average Bonchev–Trinajstić information content (AvgIpc) is 2.48. The van der Waals surface area contributed by atoms with Gasteiger partial charge in [-0.05, 0) is 18.9 Å². The van der Waals surface area contributed by atoms with Crippen molar-refractivity contribution in [1.82, 2.24) is 4.31 Å². The summed E-state index contributed by atoms with van der Waals surface area (Å²) in [5.74, 6) is 0.797. The minimum atomic E-state index is -3.18. The Hall–Kier alpha value is -1.07. The predicted molar refractivity (Wildman–Crippen MR) is 66.5 cm³/mol. The van der Waals surface area contributed by atoms with Crippen LogP contribution in [0.15, 0.2) is 24.3 Å². The molecule has 0 N–H and O–H groups in total. The first-order valence-corrected chi connectivity index (χ1v) is 7.49. The van der Waals surface area contributed by atoms with Crippen LogP contribution in [-0.2, 0) is 10.0 Å². The monoisotopic (exact) mass is 255 g/mol. The number of hydrogen-bond donors (Lipinski definition) is 0. The Morgan fingerprint density at radius 1 is 1.35 bits per heavy atom. The Morgan fingerprint density at radius 2 is 2.06 bits per heavy atom. The van der Waals surface area contributed by atoms with Crippen molar-refractivity contribution in [3.8, 4) is 5.75 Å². The van der Waals surface area contributed by atoms with Crippen molar-refractivity contribution in [3.63, 3.8) is 0 Å². The highest BCUT2D eigenvalue weighted by Crippen LogP contribution is 2.35. The Labute approximate surface area is 102 Å². The van der Waals surface area contributed by atoms with Crippen molar-refractivity contribution in [3.05, 3.63) is 29.8 Å². The second kappa shape index (κ2) is 4.66. The van der Waals surface area contributed by atoms with Crippen LogP contribution < -0.4 is 4.74 Å². The Balaban J connectivity index is 2.42. The summed E-state index contributed by atoms with van der Waals surface area (Å²) in [6, 6.07) is 7.53. The molecule has 1 aliphatic heterocycles. The lowest BCUT2D eigenvalue weighted by Crippen LogP contribution is -2.30. The van der Waals surface area contributed by atoms with Crippen LogP contribution in [-0.4, -0.2) is 32.6 Å². The number of hydrogen-bond acceptors (Lipinski definition) is 3. The molecule has 0 aromatic heterocycles. The van der Waals surface area contributed by atoms with Crippen LogP contribution in [0.5, 0.6) is 5.75 Å². The number of nitrogens with zero attached hydrogens (tertiary/aromatic N) is 1. The fraction of sp³-hybridized carbons (Fsp3) is 0.500. The number of ether oxygens (including phenoxy) is 1. The van der Waals surface area contributed by atoms with Crippen molar-refractivity contribution in [2.75, 3.05) is 19.9 Å². The van der Waals surface area contributed by atoms with Gasteiger partial charge in [0.2, 0.25) is 10.0 Å². The maximum absolute atomic E-state index is 11.6. The fourth-order valence-electron chi connectivity index (χ4n) is 2.11. The molecule has 0 bridgehead atoms. The Kier molecular flexibility index (Phi) is 3.40. The van der Waals surface area contributed by atoms with Crippen molar-refractivity contribution < 1.29 is 13.2 Å². The van der Waals surface area contributed by atoms with Crippen molar-refractivity contribution in [1.29, 1.82) is 0 Å². The van der Waals surface area contributed by atoms with Crippen molar-refractivity contribution in [2.45, 2.75) is 18.9 Å². The van der Waals surface area contributed by atoms with Crippen LogP contribution >= 0.6 is 0 Å². The molecule has 0 spiro atoms. The van der Waals surface area contributed by atoms with Crippen LogP contribution in [0.1, 0.15) is 24.4 Å². The smallest absolute Gasteiger partial charge is 0.211 e. The SMILES string of the molecule is CN(C1CCCOc2ccccc21)S(C)(=O)=O. The minimum Gasteiger partial charge on any atom is -0.493 e. The van der Waals surface area contributed by atoms with Gasteiger partial charge in [0, 0.05) is 12.6 Å². The van der Waals surface area contributed by atoms with Crippen molar-refractivity contribution in [2.24, 2.45) is 0 Å². The average molecular weight is 255 g/mol. The van der Waals surface area contributed by atoms with Crippen LogP contribution in [0.4, 0.5) is 0 Å². The number of para-hydroxylation sites is 1. The minimum absolute atomic E-state index is 0.122. The second-order valence-electron chi connectivity index (χ2n) is 4.32. The van der Waals surface area contributed by atoms with E-state index in [1.165, 1.54) is 10.6 Å². The molecule has 1 aromatic carbocycles. The number of fused-ring (bicyclic) bond motifs is 1. The lowest BCUT2D eigenvalue weighted by molar-refractivity contribution is 0.309. The Bertz CT molecular complexity index is 498. The highest BCUT2D eigenvalue weighted by atomic mass is 32.2. The van der Waals surface area contributed by atoms with Gasteiger partial charge >= 0.3 is 0 Å². The van der Waals surface area contributed by atoms with Gasteiger partial charge in [-0.3, -0.25) is 0 Å². The van der Waals surface area contributed by atoms with E-state index in [0.29, 0.717) is 6.61 Å². The maximum Gasteiger partial charge on any atom is 0.211 e. The molecule has 0 amide bonds. The molecular weight excluding hydrogens is 238 g/mol. The molecule has 17 heavy (non-hydrogen) atoms. The summed E-state index contributed by atoms with van der Waals surface area (Å²) in [6.45, 7) is 0.644. The molecule has 4 nitrogen and oxygen atoms in total. The third-order valence-corrected chi connectivity index (χ3v) is 4.42. The number of benzene rings is 1. The van der Waals surface area contributed by atoms with E-state index in [2.05, 4.69) is 0 Å². The van der Waals surface area contributed by atoms with Gasteiger partial charge < -0.3 is 4.74 Å². The molecule has 1 unspecified atom stereocenters. The van der Waals surface area contributed by atoms with Gasteiger partial charge in [-0.15, -0.1) is 0 Å². The molecule has 2 rings (SSSR count). The molecular formula is C12H17NO3S. The first-order valence-electron chi connectivity index (χ1n) is 5.65. The summed E-state index contributed by atoms with van der Waals surface area (Å²) in [6.07, 6.45) is 2.89. The van der Waals surface area contributed by atoms with E-state index < -0.39 is 10.0 Å². The molecule has 1 aliphatic rings. The zero-order chi connectivity index (χ0) is 12.5. The van der Waals surface area contributed by atoms with Gasteiger partial charge in [-0.25, -0.2) is 8.42 Å². The Morgan fingerprint density at radius 3 is 2.76 bits per heavy atom. The molecule has 1 atom stereocenters. The van der Waals surface area contributed by atoms with E-state index >= 15 is 0 Å². The topological polar surface area (TPSA) is 46.6 Å². The first kappa shape index (κ1) is 12.4. The van der Waals surface area contributed by atoms with E-state index in [0.717, 1.165) is 24.2 Å². The summed E-state index contributed by atoms with van der Waals surface area (Å²) >= 11 is 0. The molecule has 5 heteroatoms. The summed E-state index contributed by atoms with van der Waals surface area (Å²) in [4.78, 5) is 0. The third-order valence-electron chi connectivity index (χ3n) is 3.12. The lowest BCUT2D eigenvalue weighted by atomic mass is 10.0. The zero-order valence-electron chi connectivity index (χ0n) is 10.1. The molecule has 0 saturated carbocycles. The molecule has 0 aliphatic carbocycles. The van der Waals surface area contributed by atoms with E-state index in [1.807, 2.05) is 24.3 Å². The largest absolute Gasteiger partial charge is 0.493 e. The molecule has 0 radical (unpaired) electrons. The van der Waals surface area contributed by atoms with Crippen LogP contribution in [0.25, 0.3) is 0 Å². The number of sulfonamides is 1. The molecule has 0 saturated heterocycles. The van der Waals surface area contributed by atoms with Crippen molar-refractivity contribution >= 4 is 10.0 Å². The van der Waals surface area contributed by atoms with E-state index in [1.54, 1.807) is 7.05 Å². The maximum atomic E-state index is 11.6. The predicted octanol–water partition coefficient (Wildman–Crippen LogP) is 1.79. The quantitative estimate of drug-likeness (QED) is 0.809. The van der Waals surface area contributed by atoms with E-state index in [-0.39, 0.29) is 6.04 Å². The van der Waals surface area contributed by atoms with Gasteiger partial charge in [0.05, 0.1) is 18.9 Å². The third kappa shape index (κ3) is 2.61. The van der Waals surface area contributed by atoms with Gasteiger partial charge in [0.1, 0.15) is 5.75 Å². The number of rotatable bonds is 2. The van der Waals surface area contributed by atoms with E-state index in [9.17, 15) is 8.42 Å². The summed E-state index contributed by atoms with van der Waals surface area (Å²) in [5.41, 5.74) is 0.956. The molecule has 1 heterocycles. The summed E-state index contributed by atoms with van der Waals surface area (Å²) < 4.78 is 30.3. The standard InChI is InChI=1S/C12H17NO3S/c1-13(17(2,14)15)11-7-5-9-16-12-8-4-3-6-10(11)12/h3-4,6,8,11H,5,7,9H2,1-2H3. The van der Waals surface area contributed by atoms with Gasteiger partial charge in [-0.1, -0.05) is 18.2 Å². The van der Waals surface area contributed by atoms with Crippen LogP contribution in [0.3, 0.4) is 0 Å². The first-order chi connectivity index (χ1) is 8.00. The van der Waals surface area contributed by atoms with Crippen LogP contribution in [0, 0.1) is 0 Å². The fourth-order valence-corrected chi connectivity index (χ4v) is 2.79. The van der Waals surface area contributed by atoms with Crippen LogP contribution in [0.2, 0.25) is 0 Å².